The number of methoxy groups -OCH3 is 2. The molecule has 1 rings (SSSR count). The minimum absolute atomic E-state index is 0.0192. The van der Waals surface area contributed by atoms with Crippen LogP contribution in [0.4, 0.5) is 8.78 Å². The van der Waals surface area contributed by atoms with Crippen molar-refractivity contribution in [3.05, 3.63) is 27.7 Å². The van der Waals surface area contributed by atoms with Gasteiger partial charge in [0, 0.05) is 12.7 Å². The molecule has 0 aliphatic carbocycles. The van der Waals surface area contributed by atoms with Crippen molar-refractivity contribution in [3.8, 4) is 5.75 Å². The zero-order valence-electron chi connectivity index (χ0n) is 7.73. The number of rotatable bonds is 3. The molecule has 0 aliphatic heterocycles. The zero-order chi connectivity index (χ0) is 10.7. The lowest BCUT2D eigenvalue weighted by atomic mass is 10.2. The quantitative estimate of drug-likeness (QED) is 0.784. The van der Waals surface area contributed by atoms with E-state index in [4.69, 9.17) is 4.74 Å². The highest BCUT2D eigenvalue weighted by Crippen LogP contribution is 2.31. The van der Waals surface area contributed by atoms with Crippen molar-refractivity contribution in [1.29, 1.82) is 0 Å². The lowest BCUT2D eigenvalue weighted by Gasteiger charge is -2.09. The van der Waals surface area contributed by atoms with E-state index in [-0.39, 0.29) is 17.9 Å². The van der Waals surface area contributed by atoms with Gasteiger partial charge in [-0.25, -0.2) is 4.39 Å². The molecule has 0 N–H and O–H groups in total. The molecule has 0 aliphatic rings. The van der Waals surface area contributed by atoms with Crippen molar-refractivity contribution in [2.24, 2.45) is 0 Å². The molecular weight excluding hydrogens is 258 g/mol. The first-order valence-electron chi connectivity index (χ1n) is 3.81. The molecular formula is C9H9BrF2O2. The van der Waals surface area contributed by atoms with E-state index in [0.29, 0.717) is 4.47 Å². The second-order valence-corrected chi connectivity index (χ2v) is 3.47. The molecule has 2 nitrogen and oxygen atoms in total. The summed E-state index contributed by atoms with van der Waals surface area (Å²) in [4.78, 5) is 0. The van der Waals surface area contributed by atoms with E-state index in [1.165, 1.54) is 20.3 Å². The molecule has 0 bridgehead atoms. The Morgan fingerprint density at radius 2 is 1.93 bits per heavy atom. The average molecular weight is 267 g/mol. The molecule has 0 fully saturated rings. The number of hydrogen-bond acceptors (Lipinski definition) is 2. The third-order valence-corrected chi connectivity index (χ3v) is 2.28. The van der Waals surface area contributed by atoms with Crippen molar-refractivity contribution in [1.82, 2.24) is 0 Å². The summed E-state index contributed by atoms with van der Waals surface area (Å²) < 4.78 is 36.3. The van der Waals surface area contributed by atoms with Crippen molar-refractivity contribution in [3.63, 3.8) is 0 Å². The Balaban J connectivity index is 3.25. The highest BCUT2D eigenvalue weighted by Gasteiger charge is 2.17. The van der Waals surface area contributed by atoms with Crippen LogP contribution in [0.1, 0.15) is 5.56 Å². The summed E-state index contributed by atoms with van der Waals surface area (Å²) in [5, 5.41) is 0. The van der Waals surface area contributed by atoms with Gasteiger partial charge in [-0.15, -0.1) is 0 Å². The molecule has 14 heavy (non-hydrogen) atoms. The van der Waals surface area contributed by atoms with Crippen molar-refractivity contribution in [2.75, 3.05) is 14.2 Å². The van der Waals surface area contributed by atoms with Crippen LogP contribution in [-0.4, -0.2) is 14.2 Å². The molecule has 0 radical (unpaired) electrons. The first-order chi connectivity index (χ1) is 6.61. The molecule has 0 amide bonds. The van der Waals surface area contributed by atoms with E-state index in [2.05, 4.69) is 20.7 Å². The Morgan fingerprint density at radius 1 is 1.29 bits per heavy atom. The van der Waals surface area contributed by atoms with Crippen LogP contribution in [-0.2, 0) is 11.3 Å². The molecule has 5 heteroatoms. The summed E-state index contributed by atoms with van der Waals surface area (Å²) in [6.07, 6.45) is 0. The third kappa shape index (κ3) is 2.04. The molecule has 0 unspecified atom stereocenters. The fraction of sp³-hybridized carbons (Fsp3) is 0.333. The standard InChI is InChI=1S/C9H9BrF2O2/c1-13-4-5-3-6(10)9(14-2)8(12)7(5)11/h3H,4H2,1-2H3. The zero-order valence-corrected chi connectivity index (χ0v) is 9.32. The van der Waals surface area contributed by atoms with Crippen molar-refractivity contribution < 1.29 is 18.3 Å². The van der Waals surface area contributed by atoms with Gasteiger partial charge in [0.2, 0.25) is 5.82 Å². The normalized spacial score (nSPS) is 10.4. The fourth-order valence-corrected chi connectivity index (χ4v) is 1.69. The molecule has 0 atom stereocenters. The predicted molar refractivity (Wildman–Crippen MR) is 51.3 cm³/mol. The van der Waals surface area contributed by atoms with Gasteiger partial charge >= 0.3 is 0 Å². The molecule has 0 saturated carbocycles. The van der Waals surface area contributed by atoms with E-state index in [1.807, 2.05) is 0 Å². The van der Waals surface area contributed by atoms with Crippen LogP contribution in [0.3, 0.4) is 0 Å². The Morgan fingerprint density at radius 3 is 2.43 bits per heavy atom. The molecule has 0 saturated heterocycles. The Labute approximate surface area is 89.0 Å². The third-order valence-electron chi connectivity index (χ3n) is 1.70. The number of ether oxygens (including phenoxy) is 2. The summed E-state index contributed by atoms with van der Waals surface area (Å²) >= 11 is 3.08. The van der Waals surface area contributed by atoms with Crippen LogP contribution in [0.2, 0.25) is 0 Å². The van der Waals surface area contributed by atoms with Crippen LogP contribution in [0.25, 0.3) is 0 Å². The Kier molecular flexibility index (Phi) is 3.83. The summed E-state index contributed by atoms with van der Waals surface area (Å²) in [5.41, 5.74) is 0.151. The van der Waals surface area contributed by atoms with Gasteiger partial charge in [-0.1, -0.05) is 0 Å². The summed E-state index contributed by atoms with van der Waals surface area (Å²) in [7, 11) is 2.69. The maximum absolute atomic E-state index is 13.3. The summed E-state index contributed by atoms with van der Waals surface area (Å²) in [6.45, 7) is 0.0192. The number of halogens is 3. The molecule has 0 spiro atoms. The second kappa shape index (κ2) is 4.70. The van der Waals surface area contributed by atoms with E-state index in [9.17, 15) is 8.78 Å². The van der Waals surface area contributed by atoms with Crippen molar-refractivity contribution in [2.45, 2.75) is 6.61 Å². The van der Waals surface area contributed by atoms with Gasteiger partial charge in [-0.2, -0.15) is 4.39 Å². The second-order valence-electron chi connectivity index (χ2n) is 2.61. The smallest absolute Gasteiger partial charge is 0.202 e. The van der Waals surface area contributed by atoms with Gasteiger partial charge in [0.25, 0.3) is 0 Å². The van der Waals surface area contributed by atoms with Gasteiger partial charge < -0.3 is 9.47 Å². The van der Waals surface area contributed by atoms with Gasteiger partial charge in [-0.3, -0.25) is 0 Å². The lowest BCUT2D eigenvalue weighted by Crippen LogP contribution is -2.00. The lowest BCUT2D eigenvalue weighted by molar-refractivity contribution is 0.180. The predicted octanol–water partition coefficient (Wildman–Crippen LogP) is 2.88. The topological polar surface area (TPSA) is 18.5 Å². The minimum Gasteiger partial charge on any atom is -0.492 e. The van der Waals surface area contributed by atoms with Crippen LogP contribution in [0.5, 0.6) is 5.75 Å². The SMILES string of the molecule is COCc1cc(Br)c(OC)c(F)c1F. The maximum atomic E-state index is 13.3. The summed E-state index contributed by atoms with van der Waals surface area (Å²) in [6, 6.07) is 1.43. The van der Waals surface area contributed by atoms with Gasteiger partial charge in [0.15, 0.2) is 11.6 Å². The van der Waals surface area contributed by atoms with Crippen LogP contribution >= 0.6 is 15.9 Å². The molecule has 1 aromatic rings. The van der Waals surface area contributed by atoms with Gasteiger partial charge in [0.1, 0.15) is 0 Å². The van der Waals surface area contributed by atoms with E-state index < -0.39 is 11.6 Å². The molecule has 0 heterocycles. The largest absolute Gasteiger partial charge is 0.492 e. The van der Waals surface area contributed by atoms with Crippen molar-refractivity contribution >= 4 is 15.9 Å². The molecule has 1 aromatic carbocycles. The van der Waals surface area contributed by atoms with E-state index in [0.717, 1.165) is 0 Å². The van der Waals surface area contributed by atoms with E-state index in [1.54, 1.807) is 0 Å². The first kappa shape index (κ1) is 11.4. The van der Waals surface area contributed by atoms with E-state index >= 15 is 0 Å². The first-order valence-corrected chi connectivity index (χ1v) is 4.60. The van der Waals surface area contributed by atoms with Gasteiger partial charge in [0.05, 0.1) is 18.2 Å². The highest BCUT2D eigenvalue weighted by atomic mass is 79.9. The van der Waals surface area contributed by atoms with Crippen LogP contribution < -0.4 is 4.74 Å². The monoisotopic (exact) mass is 266 g/mol. The summed E-state index contributed by atoms with van der Waals surface area (Å²) in [5.74, 6) is -2.08. The maximum Gasteiger partial charge on any atom is 0.202 e. The van der Waals surface area contributed by atoms with Gasteiger partial charge in [-0.05, 0) is 22.0 Å². The Hall–Kier alpha value is -0.680. The number of benzene rings is 1. The Bertz CT molecular complexity index is 342. The fourth-order valence-electron chi connectivity index (χ4n) is 1.07. The average Bonchev–Trinajstić information content (AvgIpc) is 2.15. The van der Waals surface area contributed by atoms with Crippen LogP contribution in [0, 0.1) is 11.6 Å². The number of hydrogen-bond donors (Lipinski definition) is 0. The minimum atomic E-state index is -1.01. The highest BCUT2D eigenvalue weighted by molar-refractivity contribution is 9.10. The van der Waals surface area contributed by atoms with Crippen LogP contribution in [0.15, 0.2) is 10.5 Å². The molecule has 78 valence electrons. The molecule has 0 aromatic heterocycles.